The van der Waals surface area contributed by atoms with Crippen molar-refractivity contribution in [3.05, 3.63) is 76.9 Å². The van der Waals surface area contributed by atoms with Crippen molar-refractivity contribution in [1.29, 1.82) is 0 Å². The average molecular weight is 383 g/mol. The number of carbonyl (C=O) groups excluding carboxylic acids is 2. The molecule has 2 N–H and O–H groups in total. The predicted octanol–water partition coefficient (Wildman–Crippen LogP) is 3.13. The number of amides is 1. The number of aromatic nitrogens is 2. The monoisotopic (exact) mass is 383 g/mol. The maximum absolute atomic E-state index is 12.5. The van der Waals surface area contributed by atoms with E-state index < -0.39 is 11.9 Å². The molecule has 138 valence electrons. The molecule has 1 heterocycles. The Morgan fingerprint density at radius 2 is 2.00 bits per heavy atom. The lowest BCUT2D eigenvalue weighted by Gasteiger charge is -2.09. The van der Waals surface area contributed by atoms with E-state index in [9.17, 15) is 9.59 Å². The van der Waals surface area contributed by atoms with E-state index in [0.29, 0.717) is 34.2 Å². The minimum Gasteiger partial charge on any atom is -0.457 e. The molecule has 3 aromatic rings. The number of thioether (sulfide) groups is 1. The van der Waals surface area contributed by atoms with E-state index in [1.165, 1.54) is 11.8 Å². The van der Waals surface area contributed by atoms with E-state index in [0.717, 1.165) is 4.90 Å². The summed E-state index contributed by atoms with van der Waals surface area (Å²) < 4.78 is 10.5. The van der Waals surface area contributed by atoms with Crippen LogP contribution in [-0.4, -0.2) is 22.0 Å². The van der Waals surface area contributed by atoms with E-state index in [4.69, 9.17) is 15.0 Å². The lowest BCUT2D eigenvalue weighted by Crippen LogP contribution is -2.11. The normalized spacial score (nSPS) is 10.6. The zero-order valence-corrected chi connectivity index (χ0v) is 15.4. The van der Waals surface area contributed by atoms with Crippen LogP contribution in [0.4, 0.5) is 0 Å². The number of hydrogen-bond donors (Lipinski definition) is 1. The van der Waals surface area contributed by atoms with Crippen LogP contribution in [0.25, 0.3) is 0 Å². The van der Waals surface area contributed by atoms with Crippen LogP contribution in [-0.2, 0) is 17.1 Å². The van der Waals surface area contributed by atoms with Gasteiger partial charge in [0.05, 0.1) is 11.3 Å². The van der Waals surface area contributed by atoms with Gasteiger partial charge in [-0.25, -0.2) is 4.79 Å². The number of hydrogen-bond acceptors (Lipinski definition) is 7. The number of aryl methyl sites for hydroxylation is 1. The van der Waals surface area contributed by atoms with Crippen LogP contribution < -0.4 is 5.73 Å². The van der Waals surface area contributed by atoms with Crippen molar-refractivity contribution in [2.75, 3.05) is 0 Å². The first-order valence-corrected chi connectivity index (χ1v) is 9.08. The summed E-state index contributed by atoms with van der Waals surface area (Å²) in [6.07, 6.45) is 0. The fourth-order valence-electron chi connectivity index (χ4n) is 2.34. The molecule has 0 aliphatic heterocycles. The minimum atomic E-state index is -0.527. The molecule has 27 heavy (non-hydrogen) atoms. The van der Waals surface area contributed by atoms with E-state index in [1.54, 1.807) is 43.3 Å². The Hall–Kier alpha value is -3.13. The van der Waals surface area contributed by atoms with Crippen LogP contribution in [0, 0.1) is 6.92 Å². The van der Waals surface area contributed by atoms with Gasteiger partial charge >= 0.3 is 5.97 Å². The van der Waals surface area contributed by atoms with Gasteiger partial charge in [-0.2, -0.15) is 4.98 Å². The third-order valence-corrected chi connectivity index (χ3v) is 4.67. The molecule has 7 nitrogen and oxygen atoms in total. The first kappa shape index (κ1) is 18.7. The lowest BCUT2D eigenvalue weighted by molar-refractivity contribution is 0.0468. The molecule has 0 unspecified atom stereocenters. The fraction of sp³-hybridized carbons (Fsp3) is 0.158. The molecule has 0 atom stereocenters. The van der Waals surface area contributed by atoms with Crippen LogP contribution in [0.3, 0.4) is 0 Å². The Balaban J connectivity index is 1.66. The molecule has 8 heteroatoms. The van der Waals surface area contributed by atoms with Gasteiger partial charge in [-0.1, -0.05) is 29.4 Å². The van der Waals surface area contributed by atoms with Crippen molar-refractivity contribution in [2.24, 2.45) is 5.73 Å². The highest BCUT2D eigenvalue weighted by Crippen LogP contribution is 2.26. The fourth-order valence-corrected chi connectivity index (χ4v) is 3.22. The molecule has 0 aliphatic rings. The van der Waals surface area contributed by atoms with Crippen molar-refractivity contribution >= 4 is 23.6 Å². The molecule has 0 fully saturated rings. The van der Waals surface area contributed by atoms with Crippen molar-refractivity contribution in [3.8, 4) is 0 Å². The maximum atomic E-state index is 12.5. The zero-order valence-electron chi connectivity index (χ0n) is 14.5. The summed E-state index contributed by atoms with van der Waals surface area (Å²) in [6.45, 7) is 1.79. The molecule has 0 saturated carbocycles. The van der Waals surface area contributed by atoms with Gasteiger partial charge in [0.1, 0.15) is 6.61 Å². The number of esters is 1. The highest BCUT2D eigenvalue weighted by atomic mass is 32.2. The SMILES string of the molecule is Cc1noc(CSc2ccccc2C(=O)OCc2cccc(C(N)=O)c2)n1. The lowest BCUT2D eigenvalue weighted by atomic mass is 10.1. The quantitative estimate of drug-likeness (QED) is 0.493. The second-order valence-corrected chi connectivity index (χ2v) is 6.68. The Bertz CT molecular complexity index is 971. The number of ether oxygens (including phenoxy) is 1. The summed E-state index contributed by atoms with van der Waals surface area (Å²) >= 11 is 1.41. The zero-order chi connectivity index (χ0) is 19.2. The Labute approximate surface area is 159 Å². The molecular formula is C19H17N3O4S. The average Bonchev–Trinajstić information content (AvgIpc) is 3.10. The highest BCUT2D eigenvalue weighted by molar-refractivity contribution is 7.98. The van der Waals surface area contributed by atoms with Gasteiger partial charge in [-0.15, -0.1) is 11.8 Å². The van der Waals surface area contributed by atoms with Crippen molar-refractivity contribution in [1.82, 2.24) is 10.1 Å². The van der Waals surface area contributed by atoms with Gasteiger partial charge in [0.25, 0.3) is 0 Å². The van der Waals surface area contributed by atoms with Gasteiger partial charge in [-0.05, 0) is 36.8 Å². The number of primary amides is 1. The Morgan fingerprint density at radius 1 is 1.19 bits per heavy atom. The number of nitrogens with two attached hydrogens (primary N) is 1. The smallest absolute Gasteiger partial charge is 0.339 e. The van der Waals surface area contributed by atoms with Gasteiger partial charge in [0.15, 0.2) is 5.82 Å². The molecular weight excluding hydrogens is 366 g/mol. The van der Waals surface area contributed by atoms with E-state index in [2.05, 4.69) is 10.1 Å². The molecule has 3 rings (SSSR count). The summed E-state index contributed by atoms with van der Waals surface area (Å²) in [5.74, 6) is 0.525. The van der Waals surface area contributed by atoms with Crippen LogP contribution in [0.5, 0.6) is 0 Å². The van der Waals surface area contributed by atoms with Gasteiger partial charge in [-0.3, -0.25) is 4.79 Å². The third-order valence-electron chi connectivity index (χ3n) is 3.61. The van der Waals surface area contributed by atoms with Crippen LogP contribution in [0.2, 0.25) is 0 Å². The molecule has 0 radical (unpaired) electrons. The minimum absolute atomic E-state index is 0.0435. The molecule has 1 aromatic heterocycles. The topological polar surface area (TPSA) is 108 Å². The first-order chi connectivity index (χ1) is 13.0. The van der Waals surface area contributed by atoms with Crippen LogP contribution in [0.15, 0.2) is 57.9 Å². The molecule has 0 spiro atoms. The summed E-state index contributed by atoms with van der Waals surface area (Å²) in [5.41, 5.74) is 6.77. The molecule has 0 saturated heterocycles. The predicted molar refractivity (Wildman–Crippen MR) is 99.1 cm³/mol. The highest BCUT2D eigenvalue weighted by Gasteiger charge is 2.14. The molecule has 0 aliphatic carbocycles. The van der Waals surface area contributed by atoms with Gasteiger partial charge in [0.2, 0.25) is 11.8 Å². The first-order valence-electron chi connectivity index (χ1n) is 8.10. The summed E-state index contributed by atoms with van der Waals surface area (Å²) in [5, 5.41) is 3.74. The third kappa shape index (κ3) is 4.95. The second kappa shape index (κ2) is 8.50. The van der Waals surface area contributed by atoms with Gasteiger partial charge < -0.3 is 15.0 Å². The van der Waals surface area contributed by atoms with Crippen LogP contribution in [0.1, 0.15) is 38.0 Å². The van der Waals surface area contributed by atoms with Crippen molar-refractivity contribution in [3.63, 3.8) is 0 Å². The van der Waals surface area contributed by atoms with Crippen molar-refractivity contribution in [2.45, 2.75) is 24.2 Å². The van der Waals surface area contributed by atoms with E-state index >= 15 is 0 Å². The standard InChI is InChI=1S/C19H17N3O4S/c1-12-21-17(26-22-12)11-27-16-8-3-2-7-15(16)19(24)25-10-13-5-4-6-14(9-13)18(20)23/h2-9H,10-11H2,1H3,(H2,20,23). The maximum Gasteiger partial charge on any atom is 0.339 e. The summed E-state index contributed by atoms with van der Waals surface area (Å²) in [7, 11) is 0. The molecule has 0 bridgehead atoms. The van der Waals surface area contributed by atoms with E-state index in [-0.39, 0.29) is 6.61 Å². The van der Waals surface area contributed by atoms with Crippen LogP contribution >= 0.6 is 11.8 Å². The van der Waals surface area contributed by atoms with Crippen molar-refractivity contribution < 1.29 is 18.8 Å². The Morgan fingerprint density at radius 3 is 2.74 bits per heavy atom. The number of carbonyl (C=O) groups is 2. The number of nitrogens with zero attached hydrogens (tertiary/aromatic N) is 2. The van der Waals surface area contributed by atoms with Gasteiger partial charge in [0, 0.05) is 10.5 Å². The molecule has 2 aromatic carbocycles. The molecule has 1 amide bonds. The largest absolute Gasteiger partial charge is 0.457 e. The number of rotatable bonds is 7. The summed E-state index contributed by atoms with van der Waals surface area (Å²) in [6, 6.07) is 13.8. The Kier molecular flexibility index (Phi) is 5.87. The number of benzene rings is 2. The summed E-state index contributed by atoms with van der Waals surface area (Å²) in [4.78, 5) is 28.6. The van der Waals surface area contributed by atoms with E-state index in [1.807, 2.05) is 12.1 Å². The second-order valence-electron chi connectivity index (χ2n) is 5.66.